The molecule has 104 valence electrons. The predicted molar refractivity (Wildman–Crippen MR) is 60.1 cm³/mol. The van der Waals surface area contributed by atoms with Crippen molar-refractivity contribution in [1.82, 2.24) is 5.32 Å². The molecule has 17 heavy (non-hydrogen) atoms. The first-order valence-corrected chi connectivity index (χ1v) is 5.87. The zero-order valence-electron chi connectivity index (χ0n) is 10.5. The smallest absolute Gasteiger partial charge is 0.381 e. The number of hydrogen-bond acceptors (Lipinski definition) is 3. The summed E-state index contributed by atoms with van der Waals surface area (Å²) in [6.45, 7) is 5.01. The van der Waals surface area contributed by atoms with Crippen LogP contribution in [0.25, 0.3) is 0 Å². The van der Waals surface area contributed by atoms with Crippen molar-refractivity contribution in [2.24, 2.45) is 0 Å². The van der Waals surface area contributed by atoms with E-state index < -0.39 is 12.8 Å². The number of halogens is 3. The van der Waals surface area contributed by atoms with E-state index in [1.165, 1.54) is 0 Å². The van der Waals surface area contributed by atoms with Gasteiger partial charge in [-0.2, -0.15) is 13.2 Å². The van der Waals surface area contributed by atoms with Gasteiger partial charge in [-0.3, -0.25) is 0 Å². The predicted octanol–water partition coefficient (Wildman–Crippen LogP) is 2.36. The molecule has 0 heterocycles. The third-order valence-corrected chi connectivity index (χ3v) is 1.86. The lowest BCUT2D eigenvalue weighted by Crippen LogP contribution is -2.24. The maximum absolute atomic E-state index is 11.7. The molecule has 1 N–H and O–H groups in total. The van der Waals surface area contributed by atoms with Crippen LogP contribution in [0.4, 0.5) is 13.2 Å². The molecule has 0 aliphatic carbocycles. The number of rotatable bonds is 10. The fourth-order valence-electron chi connectivity index (χ4n) is 1.12. The Hall–Kier alpha value is -0.330. The average Bonchev–Trinajstić information content (AvgIpc) is 2.18. The van der Waals surface area contributed by atoms with Crippen LogP contribution in [0.1, 0.15) is 26.7 Å². The summed E-state index contributed by atoms with van der Waals surface area (Å²) in [4.78, 5) is 0. The Labute approximate surface area is 101 Å². The summed E-state index contributed by atoms with van der Waals surface area (Å²) in [6.07, 6.45) is -2.83. The maximum atomic E-state index is 11.7. The van der Waals surface area contributed by atoms with Gasteiger partial charge in [0, 0.05) is 25.9 Å². The van der Waals surface area contributed by atoms with E-state index in [0.29, 0.717) is 25.7 Å². The third kappa shape index (κ3) is 15.7. The van der Waals surface area contributed by atoms with E-state index in [4.69, 9.17) is 4.74 Å². The molecule has 3 nitrogen and oxygen atoms in total. The van der Waals surface area contributed by atoms with Crippen LogP contribution in [0.2, 0.25) is 0 Å². The van der Waals surface area contributed by atoms with Gasteiger partial charge < -0.3 is 14.8 Å². The molecular weight excluding hydrogens is 235 g/mol. The summed E-state index contributed by atoms with van der Waals surface area (Å²) in [5.41, 5.74) is 0. The van der Waals surface area contributed by atoms with Crippen LogP contribution in [0, 0.1) is 0 Å². The van der Waals surface area contributed by atoms with Crippen molar-refractivity contribution >= 4 is 0 Å². The Morgan fingerprint density at radius 1 is 1.00 bits per heavy atom. The number of nitrogens with one attached hydrogen (secondary N) is 1. The summed E-state index contributed by atoms with van der Waals surface area (Å²) in [6, 6.07) is 0.464. The van der Waals surface area contributed by atoms with E-state index in [9.17, 15) is 13.2 Å². The van der Waals surface area contributed by atoms with E-state index in [0.717, 1.165) is 13.0 Å². The molecule has 0 radical (unpaired) electrons. The van der Waals surface area contributed by atoms with Crippen LogP contribution >= 0.6 is 0 Å². The van der Waals surface area contributed by atoms with Gasteiger partial charge in [-0.25, -0.2) is 0 Å². The Bertz CT molecular complexity index is 175. The normalized spacial score (nSPS) is 12.4. The zero-order valence-corrected chi connectivity index (χ0v) is 10.5. The van der Waals surface area contributed by atoms with Gasteiger partial charge in [0.15, 0.2) is 0 Å². The number of hydrogen-bond donors (Lipinski definition) is 1. The van der Waals surface area contributed by atoms with E-state index >= 15 is 0 Å². The SMILES string of the molecule is CC(C)NCCCOCCCOCC(F)(F)F. The van der Waals surface area contributed by atoms with Crippen molar-refractivity contribution < 1.29 is 22.6 Å². The standard InChI is InChI=1S/C11H22F3NO2/c1-10(2)15-5-3-6-16-7-4-8-17-9-11(12,13)14/h10,15H,3-9H2,1-2H3. The number of alkyl halides is 3. The first-order chi connectivity index (χ1) is 7.92. The van der Waals surface area contributed by atoms with Gasteiger partial charge in [0.25, 0.3) is 0 Å². The van der Waals surface area contributed by atoms with Crippen molar-refractivity contribution in [2.45, 2.75) is 38.9 Å². The molecule has 6 heteroatoms. The van der Waals surface area contributed by atoms with Crippen molar-refractivity contribution in [3.8, 4) is 0 Å². The minimum atomic E-state index is -4.23. The van der Waals surface area contributed by atoms with Gasteiger partial charge in [0.05, 0.1) is 0 Å². The van der Waals surface area contributed by atoms with Gasteiger partial charge in [0.2, 0.25) is 0 Å². The third-order valence-electron chi connectivity index (χ3n) is 1.86. The molecule has 0 aromatic heterocycles. The molecule has 0 atom stereocenters. The average molecular weight is 257 g/mol. The molecule has 0 aliphatic rings. The topological polar surface area (TPSA) is 30.5 Å². The quantitative estimate of drug-likeness (QED) is 0.609. The molecule has 0 aromatic carbocycles. The van der Waals surface area contributed by atoms with Gasteiger partial charge in [0.1, 0.15) is 6.61 Å². The highest BCUT2D eigenvalue weighted by Gasteiger charge is 2.27. The molecule has 0 aliphatic heterocycles. The van der Waals surface area contributed by atoms with Crippen LogP contribution < -0.4 is 5.32 Å². The van der Waals surface area contributed by atoms with Crippen LogP contribution in [-0.4, -0.2) is 45.2 Å². The summed E-state index contributed by atoms with van der Waals surface area (Å²) in [7, 11) is 0. The lowest BCUT2D eigenvalue weighted by molar-refractivity contribution is -0.174. The second-order valence-electron chi connectivity index (χ2n) is 4.10. The highest BCUT2D eigenvalue weighted by molar-refractivity contribution is 4.51. The van der Waals surface area contributed by atoms with Gasteiger partial charge in [-0.1, -0.05) is 13.8 Å². The highest BCUT2D eigenvalue weighted by Crippen LogP contribution is 2.14. The Kier molecular flexibility index (Phi) is 9.49. The molecule has 0 aromatic rings. The molecule has 0 saturated heterocycles. The van der Waals surface area contributed by atoms with Crippen LogP contribution in [0.3, 0.4) is 0 Å². The Balaban J connectivity index is 3.04. The lowest BCUT2D eigenvalue weighted by Gasteiger charge is -2.09. The molecule has 0 bridgehead atoms. The second-order valence-corrected chi connectivity index (χ2v) is 4.10. The van der Waals surface area contributed by atoms with E-state index in [-0.39, 0.29) is 6.61 Å². The van der Waals surface area contributed by atoms with Crippen molar-refractivity contribution in [1.29, 1.82) is 0 Å². The fourth-order valence-corrected chi connectivity index (χ4v) is 1.12. The van der Waals surface area contributed by atoms with E-state index in [2.05, 4.69) is 23.9 Å². The summed E-state index contributed by atoms with van der Waals surface area (Å²) >= 11 is 0. The van der Waals surface area contributed by atoms with Crippen molar-refractivity contribution in [3.05, 3.63) is 0 Å². The van der Waals surface area contributed by atoms with E-state index in [1.54, 1.807) is 0 Å². The molecule has 0 saturated carbocycles. The van der Waals surface area contributed by atoms with E-state index in [1.807, 2.05) is 0 Å². The number of ether oxygens (including phenoxy) is 2. The van der Waals surface area contributed by atoms with Crippen molar-refractivity contribution in [3.63, 3.8) is 0 Å². The van der Waals surface area contributed by atoms with Crippen molar-refractivity contribution in [2.75, 3.05) is 33.0 Å². The molecule has 0 rings (SSSR count). The molecule has 0 amide bonds. The minimum Gasteiger partial charge on any atom is -0.381 e. The minimum absolute atomic E-state index is 0.0871. The van der Waals surface area contributed by atoms with Crippen LogP contribution in [0.5, 0.6) is 0 Å². The lowest BCUT2D eigenvalue weighted by atomic mass is 10.3. The fraction of sp³-hybridized carbons (Fsp3) is 1.00. The Morgan fingerprint density at radius 2 is 1.59 bits per heavy atom. The zero-order chi connectivity index (χ0) is 13.1. The first-order valence-electron chi connectivity index (χ1n) is 5.87. The second kappa shape index (κ2) is 9.67. The van der Waals surface area contributed by atoms with Gasteiger partial charge in [-0.15, -0.1) is 0 Å². The van der Waals surface area contributed by atoms with Crippen LogP contribution in [-0.2, 0) is 9.47 Å². The van der Waals surface area contributed by atoms with Gasteiger partial charge in [-0.05, 0) is 19.4 Å². The molecule has 0 fully saturated rings. The highest BCUT2D eigenvalue weighted by atomic mass is 19.4. The van der Waals surface area contributed by atoms with Crippen LogP contribution in [0.15, 0.2) is 0 Å². The molecule has 0 unspecified atom stereocenters. The largest absolute Gasteiger partial charge is 0.411 e. The van der Waals surface area contributed by atoms with Gasteiger partial charge >= 0.3 is 6.18 Å². The first kappa shape index (κ1) is 16.7. The Morgan fingerprint density at radius 3 is 2.18 bits per heavy atom. The summed E-state index contributed by atoms with van der Waals surface area (Å²) in [5.74, 6) is 0. The summed E-state index contributed by atoms with van der Waals surface area (Å²) < 4.78 is 44.7. The molecular formula is C11H22F3NO2. The monoisotopic (exact) mass is 257 g/mol. The summed E-state index contributed by atoms with van der Waals surface area (Å²) in [5, 5.41) is 3.24. The maximum Gasteiger partial charge on any atom is 0.411 e. The molecule has 0 spiro atoms.